The van der Waals surface area contributed by atoms with Gasteiger partial charge in [0.05, 0.1) is 11.0 Å². The number of aromatic amines is 1. The van der Waals surface area contributed by atoms with E-state index in [9.17, 15) is 9.18 Å². The number of hydrogen-bond donors (Lipinski definition) is 3. The van der Waals surface area contributed by atoms with E-state index < -0.39 is 6.08 Å². The minimum Gasteiger partial charge on any atom is -0.396 e. The maximum absolute atomic E-state index is 12.8. The predicted molar refractivity (Wildman–Crippen MR) is 60.1 cm³/mol. The van der Waals surface area contributed by atoms with E-state index in [1.54, 1.807) is 18.2 Å². The van der Waals surface area contributed by atoms with Gasteiger partial charge in [0.15, 0.2) is 0 Å². The third kappa shape index (κ3) is 2.59. The number of carbonyl (C=O) groups excluding carboxylic acids is 1. The molecule has 0 aliphatic carbocycles. The third-order valence-corrected chi connectivity index (χ3v) is 2.34. The van der Waals surface area contributed by atoms with Crippen molar-refractivity contribution >= 4 is 16.9 Å². The number of nitrogens with one attached hydrogen (secondary N) is 2. The van der Waals surface area contributed by atoms with Gasteiger partial charge in [0.2, 0.25) is 0 Å². The van der Waals surface area contributed by atoms with Crippen LogP contribution in [0, 0.1) is 6.08 Å². The van der Waals surface area contributed by atoms with E-state index in [1.165, 1.54) is 0 Å². The molecule has 1 aromatic heterocycles. The smallest absolute Gasteiger partial charge is 0.287 e. The first-order valence-electron chi connectivity index (χ1n) is 5.25. The Morgan fingerprint density at radius 2 is 2.35 bits per heavy atom. The molecule has 3 N–H and O–H groups in total. The zero-order chi connectivity index (χ0) is 12.3. The number of aromatic nitrogens is 2. The first-order chi connectivity index (χ1) is 8.20. The van der Waals surface area contributed by atoms with Crippen LogP contribution >= 0.6 is 0 Å². The number of nitrogens with zero attached hydrogens (tertiary/aromatic N) is 1. The fourth-order valence-corrected chi connectivity index (χ4v) is 1.50. The summed E-state index contributed by atoms with van der Waals surface area (Å²) in [6.45, 7) is 0.440. The van der Waals surface area contributed by atoms with Crippen molar-refractivity contribution < 1.29 is 14.3 Å². The molecule has 2 rings (SSSR count). The molecule has 0 saturated carbocycles. The minimum absolute atomic E-state index is 0.0328. The van der Waals surface area contributed by atoms with Crippen molar-refractivity contribution in [2.75, 3.05) is 13.2 Å². The average molecular weight is 237 g/mol. The van der Waals surface area contributed by atoms with Crippen molar-refractivity contribution in [3.63, 3.8) is 0 Å². The van der Waals surface area contributed by atoms with Crippen LogP contribution in [0.15, 0.2) is 18.2 Å². The third-order valence-electron chi connectivity index (χ3n) is 2.34. The van der Waals surface area contributed by atoms with E-state index in [0.717, 1.165) is 0 Å². The largest absolute Gasteiger partial charge is 0.396 e. The fraction of sp³-hybridized carbons (Fsp3) is 0.273. The van der Waals surface area contributed by atoms with Crippen LogP contribution < -0.4 is 5.32 Å². The number of amides is 1. The van der Waals surface area contributed by atoms with Crippen LogP contribution in [-0.4, -0.2) is 34.1 Å². The molecule has 5 nitrogen and oxygen atoms in total. The zero-order valence-electron chi connectivity index (χ0n) is 9.03. The van der Waals surface area contributed by atoms with Gasteiger partial charge in [-0.3, -0.25) is 4.79 Å². The topological polar surface area (TPSA) is 78.0 Å². The second-order valence-electron chi connectivity index (χ2n) is 3.59. The maximum atomic E-state index is 12.8. The molecule has 90 valence electrons. The molecule has 0 saturated heterocycles. The molecule has 0 spiro atoms. The van der Waals surface area contributed by atoms with Crippen molar-refractivity contribution in [2.45, 2.75) is 6.42 Å². The molecule has 0 fully saturated rings. The maximum Gasteiger partial charge on any atom is 0.287 e. The zero-order valence-corrected chi connectivity index (χ0v) is 9.03. The Morgan fingerprint density at radius 1 is 1.53 bits per heavy atom. The van der Waals surface area contributed by atoms with Crippen LogP contribution in [0.5, 0.6) is 0 Å². The second-order valence-corrected chi connectivity index (χ2v) is 3.59. The summed E-state index contributed by atoms with van der Waals surface area (Å²) in [7, 11) is 0. The minimum atomic E-state index is -0.669. The Kier molecular flexibility index (Phi) is 3.34. The number of hydrogen-bond acceptors (Lipinski definition) is 3. The van der Waals surface area contributed by atoms with Crippen LogP contribution in [-0.2, 0) is 0 Å². The van der Waals surface area contributed by atoms with Crippen LogP contribution in [0.2, 0.25) is 0 Å². The van der Waals surface area contributed by atoms with Gasteiger partial charge in [-0.1, -0.05) is 0 Å². The summed E-state index contributed by atoms with van der Waals surface area (Å²) >= 11 is 0. The van der Waals surface area contributed by atoms with Crippen molar-refractivity contribution in [3.05, 3.63) is 29.8 Å². The highest BCUT2D eigenvalue weighted by Crippen LogP contribution is 2.13. The number of carbonyl (C=O) groups is 1. The van der Waals surface area contributed by atoms with Crippen LogP contribution in [0.3, 0.4) is 0 Å². The average Bonchev–Trinajstić information content (AvgIpc) is 2.68. The summed E-state index contributed by atoms with van der Waals surface area (Å²) in [5.74, 6) is -0.254. The van der Waals surface area contributed by atoms with Crippen LogP contribution in [0.1, 0.15) is 16.8 Å². The van der Waals surface area contributed by atoms with Crippen LogP contribution in [0.25, 0.3) is 11.0 Å². The van der Waals surface area contributed by atoms with E-state index in [4.69, 9.17) is 5.11 Å². The number of halogens is 1. The number of rotatable bonds is 4. The van der Waals surface area contributed by atoms with Gasteiger partial charge in [0.25, 0.3) is 12.0 Å². The summed E-state index contributed by atoms with van der Waals surface area (Å²) in [5, 5.41) is 11.2. The molecule has 2 aromatic rings. The quantitative estimate of drug-likeness (QED) is 0.689. The highest BCUT2D eigenvalue weighted by atomic mass is 19.1. The molecule has 0 atom stereocenters. The van der Waals surface area contributed by atoms with Gasteiger partial charge in [-0.25, -0.2) is 4.98 Å². The summed E-state index contributed by atoms with van der Waals surface area (Å²) in [5.41, 5.74) is 1.39. The molecule has 0 aliphatic heterocycles. The summed E-state index contributed by atoms with van der Waals surface area (Å²) < 4.78 is 12.8. The molecule has 6 heteroatoms. The van der Waals surface area contributed by atoms with Gasteiger partial charge in [0.1, 0.15) is 0 Å². The van der Waals surface area contributed by atoms with Gasteiger partial charge in [-0.15, -0.1) is 0 Å². The van der Waals surface area contributed by atoms with Crippen molar-refractivity contribution in [1.82, 2.24) is 15.3 Å². The van der Waals surface area contributed by atoms with E-state index in [-0.39, 0.29) is 12.5 Å². The highest BCUT2D eigenvalue weighted by molar-refractivity contribution is 5.97. The Morgan fingerprint density at radius 3 is 3.12 bits per heavy atom. The van der Waals surface area contributed by atoms with E-state index >= 15 is 0 Å². The van der Waals surface area contributed by atoms with Crippen molar-refractivity contribution in [1.29, 1.82) is 0 Å². The molecule has 17 heavy (non-hydrogen) atoms. The Bertz CT molecular complexity index is 538. The van der Waals surface area contributed by atoms with Crippen molar-refractivity contribution in [3.8, 4) is 0 Å². The lowest BCUT2D eigenvalue weighted by Crippen LogP contribution is -2.24. The molecule has 0 aliphatic rings. The summed E-state index contributed by atoms with van der Waals surface area (Å²) in [6, 6.07) is 4.70. The normalized spacial score (nSPS) is 10.7. The number of imidazole rings is 1. The lowest BCUT2D eigenvalue weighted by molar-refractivity contribution is 0.0951. The number of fused-ring (bicyclic) bond motifs is 1. The Labute approximate surface area is 96.7 Å². The van der Waals surface area contributed by atoms with Gasteiger partial charge >= 0.3 is 0 Å². The first-order valence-corrected chi connectivity index (χ1v) is 5.25. The molecule has 1 aromatic carbocycles. The van der Waals surface area contributed by atoms with Gasteiger partial charge in [-0.05, 0) is 24.6 Å². The molecule has 0 radical (unpaired) electrons. The van der Waals surface area contributed by atoms with E-state index in [1.807, 2.05) is 0 Å². The standard InChI is InChI=1S/C11H12FN3O2/c12-11-14-8-3-2-7(6-9(8)15-11)10(17)13-4-1-5-16/h2-3,6,16H,1,4-5H2,(H,13,17)(H,14,15). The molecular weight excluding hydrogens is 225 g/mol. The molecular formula is C11H12FN3O2. The number of aliphatic hydroxyl groups is 1. The first kappa shape index (κ1) is 11.5. The van der Waals surface area contributed by atoms with Crippen LogP contribution in [0.4, 0.5) is 4.39 Å². The molecule has 1 heterocycles. The lowest BCUT2D eigenvalue weighted by Gasteiger charge is -2.03. The SMILES string of the molecule is O=C(NCCCO)c1ccc2nc(F)[nH]c2c1. The molecule has 1 amide bonds. The summed E-state index contributed by atoms with van der Waals surface area (Å²) in [4.78, 5) is 17.7. The molecule has 0 bridgehead atoms. The Hall–Kier alpha value is -1.95. The Balaban J connectivity index is 2.15. The number of aliphatic hydroxyl groups excluding tert-OH is 1. The fourth-order valence-electron chi connectivity index (χ4n) is 1.50. The number of benzene rings is 1. The van der Waals surface area contributed by atoms with E-state index in [0.29, 0.717) is 29.6 Å². The molecule has 0 unspecified atom stereocenters. The lowest BCUT2D eigenvalue weighted by atomic mass is 10.2. The van der Waals surface area contributed by atoms with Gasteiger partial charge < -0.3 is 15.4 Å². The highest BCUT2D eigenvalue weighted by Gasteiger charge is 2.08. The second kappa shape index (κ2) is 4.92. The monoisotopic (exact) mass is 237 g/mol. The van der Waals surface area contributed by atoms with Gasteiger partial charge in [0, 0.05) is 18.7 Å². The summed E-state index contributed by atoms with van der Waals surface area (Å²) in [6.07, 6.45) is -0.162. The number of H-pyrrole nitrogens is 1. The van der Waals surface area contributed by atoms with E-state index in [2.05, 4.69) is 15.3 Å². The van der Waals surface area contributed by atoms with Crippen molar-refractivity contribution in [2.24, 2.45) is 0 Å². The predicted octanol–water partition coefficient (Wildman–Crippen LogP) is 0.814. The van der Waals surface area contributed by atoms with Gasteiger partial charge in [-0.2, -0.15) is 4.39 Å².